The van der Waals surface area contributed by atoms with E-state index in [4.69, 9.17) is 18.7 Å². The number of hydrogen-bond acceptors (Lipinski definition) is 7. The summed E-state index contributed by atoms with van der Waals surface area (Å²) in [5, 5.41) is 11.7. The highest BCUT2D eigenvalue weighted by Crippen LogP contribution is 2.59. The highest BCUT2D eigenvalue weighted by atomic mass is 31.2. The number of ether oxygens (including phenoxy) is 3. The van der Waals surface area contributed by atoms with Gasteiger partial charge in [-0.1, -0.05) is 13.8 Å². The quantitative estimate of drug-likeness (QED) is 0.562. The van der Waals surface area contributed by atoms with E-state index >= 15 is 0 Å². The standard InChI is InChI=1S/C22H32NO6P/c1-15(2)14-29-30(25,18-10-8-17(9-11-18)23(3)4)22(24)16-12-19(26-5)21(28-7)20(13-16)27-6/h8-13,15,22,24H,14H2,1-7H3. The molecule has 7 nitrogen and oxygen atoms in total. The van der Waals surface area contributed by atoms with Gasteiger partial charge in [0.05, 0.1) is 27.9 Å². The summed E-state index contributed by atoms with van der Waals surface area (Å²) < 4.78 is 36.0. The van der Waals surface area contributed by atoms with Crippen LogP contribution in [0, 0.1) is 5.92 Å². The summed E-state index contributed by atoms with van der Waals surface area (Å²) in [6.07, 6.45) is 0. The van der Waals surface area contributed by atoms with Crippen molar-refractivity contribution in [2.45, 2.75) is 19.7 Å². The molecular weight excluding hydrogens is 405 g/mol. The van der Waals surface area contributed by atoms with Gasteiger partial charge < -0.3 is 28.7 Å². The molecule has 2 aromatic carbocycles. The second-order valence-electron chi connectivity index (χ2n) is 7.53. The van der Waals surface area contributed by atoms with Crippen molar-refractivity contribution in [3.05, 3.63) is 42.0 Å². The van der Waals surface area contributed by atoms with Gasteiger partial charge >= 0.3 is 0 Å². The lowest BCUT2D eigenvalue weighted by Gasteiger charge is -2.26. The van der Waals surface area contributed by atoms with Crippen LogP contribution in [0.2, 0.25) is 0 Å². The number of aliphatic hydroxyl groups is 1. The normalized spacial score (nSPS) is 14.2. The number of anilines is 1. The topological polar surface area (TPSA) is 77.5 Å². The molecule has 0 aliphatic rings. The first kappa shape index (κ1) is 24.1. The summed E-state index contributed by atoms with van der Waals surface area (Å²) in [7, 11) is 4.64. The van der Waals surface area contributed by atoms with Crippen molar-refractivity contribution in [1.82, 2.24) is 0 Å². The maximum atomic E-state index is 14.1. The largest absolute Gasteiger partial charge is 0.493 e. The van der Waals surface area contributed by atoms with Crippen LogP contribution in [0.5, 0.6) is 17.2 Å². The predicted molar refractivity (Wildman–Crippen MR) is 120 cm³/mol. The van der Waals surface area contributed by atoms with Gasteiger partial charge in [-0.2, -0.15) is 0 Å². The molecule has 0 saturated carbocycles. The van der Waals surface area contributed by atoms with E-state index in [2.05, 4.69) is 0 Å². The SMILES string of the molecule is COc1cc(C(O)P(=O)(OCC(C)C)c2ccc(N(C)C)cc2)cc(OC)c1OC. The first-order valence-electron chi connectivity index (χ1n) is 9.68. The van der Waals surface area contributed by atoms with Crippen molar-refractivity contribution < 1.29 is 28.4 Å². The summed E-state index contributed by atoms with van der Waals surface area (Å²) in [5.41, 5.74) is 1.31. The van der Waals surface area contributed by atoms with Crippen LogP contribution < -0.4 is 24.4 Å². The third-order valence-corrected chi connectivity index (χ3v) is 7.13. The molecule has 0 fully saturated rings. The molecule has 30 heavy (non-hydrogen) atoms. The van der Waals surface area contributed by atoms with Crippen LogP contribution in [0.15, 0.2) is 36.4 Å². The van der Waals surface area contributed by atoms with Crippen LogP contribution in [0.3, 0.4) is 0 Å². The minimum atomic E-state index is -3.69. The average molecular weight is 437 g/mol. The number of benzene rings is 2. The fraction of sp³-hybridized carbons (Fsp3) is 0.455. The van der Waals surface area contributed by atoms with Crippen molar-refractivity contribution in [3.63, 3.8) is 0 Å². The van der Waals surface area contributed by atoms with Crippen molar-refractivity contribution in [2.24, 2.45) is 5.92 Å². The molecule has 2 aromatic rings. The number of aliphatic hydroxyl groups excluding tert-OH is 1. The monoisotopic (exact) mass is 437 g/mol. The predicted octanol–water partition coefficient (Wildman–Crippen LogP) is 4.05. The molecule has 0 radical (unpaired) electrons. The Morgan fingerprint density at radius 3 is 1.90 bits per heavy atom. The molecule has 2 atom stereocenters. The molecule has 166 valence electrons. The Morgan fingerprint density at radius 2 is 1.50 bits per heavy atom. The van der Waals surface area contributed by atoms with E-state index in [1.807, 2.05) is 45.0 Å². The Bertz CT molecular complexity index is 857. The minimum absolute atomic E-state index is 0.145. The van der Waals surface area contributed by atoms with Crippen molar-refractivity contribution in [2.75, 3.05) is 46.9 Å². The van der Waals surface area contributed by atoms with Gasteiger partial charge in [0.2, 0.25) is 5.75 Å². The Labute approximate surface area is 179 Å². The number of rotatable bonds is 10. The Balaban J connectivity index is 2.57. The number of hydrogen-bond donors (Lipinski definition) is 1. The van der Waals surface area contributed by atoms with Crippen molar-refractivity contribution in [1.29, 1.82) is 0 Å². The zero-order valence-electron chi connectivity index (χ0n) is 18.7. The number of methoxy groups -OCH3 is 3. The molecule has 0 amide bonds. The van der Waals surface area contributed by atoms with Crippen LogP contribution in [0.25, 0.3) is 0 Å². The summed E-state index contributed by atoms with van der Waals surface area (Å²) in [5.74, 6) is -0.139. The second-order valence-corrected chi connectivity index (χ2v) is 9.99. The minimum Gasteiger partial charge on any atom is -0.493 e. The lowest BCUT2D eigenvalue weighted by molar-refractivity contribution is 0.202. The Kier molecular flexibility index (Phi) is 8.18. The summed E-state index contributed by atoms with van der Waals surface area (Å²) in [4.78, 5) is 1.94. The third-order valence-electron chi connectivity index (χ3n) is 4.63. The molecule has 2 rings (SSSR count). The van der Waals surface area contributed by atoms with Crippen LogP contribution in [0.1, 0.15) is 25.3 Å². The van der Waals surface area contributed by atoms with E-state index in [1.54, 1.807) is 24.3 Å². The van der Waals surface area contributed by atoms with Gasteiger partial charge in [0.25, 0.3) is 7.37 Å². The molecule has 0 bridgehead atoms. The molecule has 2 unspecified atom stereocenters. The van der Waals surface area contributed by atoms with E-state index in [1.165, 1.54) is 21.3 Å². The summed E-state index contributed by atoms with van der Waals surface area (Å²) in [6, 6.07) is 10.3. The smallest absolute Gasteiger partial charge is 0.264 e. The van der Waals surface area contributed by atoms with E-state index in [0.717, 1.165) is 5.69 Å². The lowest BCUT2D eigenvalue weighted by atomic mass is 10.2. The zero-order chi connectivity index (χ0) is 22.5. The zero-order valence-corrected chi connectivity index (χ0v) is 19.6. The highest BCUT2D eigenvalue weighted by Gasteiger charge is 2.37. The molecule has 0 heterocycles. The van der Waals surface area contributed by atoms with Crippen molar-refractivity contribution >= 4 is 18.4 Å². The molecule has 8 heteroatoms. The summed E-state index contributed by atoms with van der Waals surface area (Å²) >= 11 is 0. The third kappa shape index (κ3) is 5.09. The molecule has 0 spiro atoms. The van der Waals surface area contributed by atoms with Gasteiger partial charge in [-0.05, 0) is 47.9 Å². The highest BCUT2D eigenvalue weighted by molar-refractivity contribution is 7.67. The van der Waals surface area contributed by atoms with Crippen molar-refractivity contribution in [3.8, 4) is 17.2 Å². The first-order chi connectivity index (χ1) is 14.2. The number of nitrogens with zero attached hydrogens (tertiary/aromatic N) is 1. The van der Waals surface area contributed by atoms with Gasteiger partial charge in [0.15, 0.2) is 17.3 Å². The van der Waals surface area contributed by atoms with E-state index < -0.39 is 13.2 Å². The average Bonchev–Trinajstić information content (AvgIpc) is 2.75. The van der Waals surface area contributed by atoms with Crippen LogP contribution in [0.4, 0.5) is 5.69 Å². The van der Waals surface area contributed by atoms with Crippen LogP contribution in [-0.4, -0.2) is 47.1 Å². The fourth-order valence-electron chi connectivity index (χ4n) is 2.95. The molecular formula is C22H32NO6P. The first-order valence-corrected chi connectivity index (χ1v) is 11.4. The van der Waals surface area contributed by atoms with E-state index in [-0.39, 0.29) is 12.5 Å². The lowest BCUT2D eigenvalue weighted by Crippen LogP contribution is -2.17. The van der Waals surface area contributed by atoms with Crippen LogP contribution >= 0.6 is 7.37 Å². The second kappa shape index (κ2) is 10.2. The molecule has 0 aromatic heterocycles. The molecule has 0 aliphatic heterocycles. The van der Waals surface area contributed by atoms with E-state index in [0.29, 0.717) is 28.1 Å². The summed E-state index contributed by atoms with van der Waals surface area (Å²) in [6.45, 7) is 4.17. The van der Waals surface area contributed by atoms with Gasteiger partial charge in [-0.25, -0.2) is 0 Å². The molecule has 1 N–H and O–H groups in total. The van der Waals surface area contributed by atoms with Gasteiger partial charge in [0, 0.05) is 25.1 Å². The molecule has 0 saturated heterocycles. The Morgan fingerprint density at radius 1 is 0.967 bits per heavy atom. The molecule has 0 aliphatic carbocycles. The van der Waals surface area contributed by atoms with E-state index in [9.17, 15) is 9.67 Å². The van der Waals surface area contributed by atoms with Crippen LogP contribution in [-0.2, 0) is 9.09 Å². The van der Waals surface area contributed by atoms with Gasteiger partial charge in [0.1, 0.15) is 0 Å². The Hall–Kier alpha value is -2.21. The fourth-order valence-corrected chi connectivity index (χ4v) is 5.15. The van der Waals surface area contributed by atoms with Gasteiger partial charge in [-0.3, -0.25) is 4.57 Å². The maximum Gasteiger partial charge on any atom is 0.264 e. The maximum absolute atomic E-state index is 14.1. The van der Waals surface area contributed by atoms with Gasteiger partial charge in [-0.15, -0.1) is 0 Å².